The summed E-state index contributed by atoms with van der Waals surface area (Å²) in [7, 11) is 0. The lowest BCUT2D eigenvalue weighted by Crippen LogP contribution is -1.85. The van der Waals surface area contributed by atoms with Crippen LogP contribution in [-0.2, 0) is 0 Å². The quantitative estimate of drug-likeness (QED) is 0.476. The number of hydrogen-bond acceptors (Lipinski definition) is 6. The summed E-state index contributed by atoms with van der Waals surface area (Å²) in [5.41, 5.74) is 11.4. The van der Waals surface area contributed by atoms with Gasteiger partial charge in [-0.3, -0.25) is 0 Å². The molecule has 5 aromatic rings. The van der Waals surface area contributed by atoms with Crippen molar-refractivity contribution < 1.29 is 4.52 Å². The lowest BCUT2D eigenvalue weighted by molar-refractivity contribution is 0.441. The number of anilines is 1. The molecule has 0 aliphatic carbocycles. The molecule has 7 heteroatoms. The number of nitrogens with zero attached hydrogens (tertiary/aromatic N) is 4. The molecule has 0 amide bonds. The Labute approximate surface area is 153 Å². The molecule has 2 heterocycles. The SMILES string of the molecule is Nc1cccc(-c2ccc(-c3onc4ccc(-c5nnn[nH]5)cc34)cc2)c1. The molecular formula is C20H14N6O. The molecule has 0 spiro atoms. The molecule has 7 nitrogen and oxygen atoms in total. The molecule has 3 aromatic carbocycles. The van der Waals surface area contributed by atoms with Gasteiger partial charge in [0, 0.05) is 16.8 Å². The van der Waals surface area contributed by atoms with E-state index in [2.05, 4.69) is 25.8 Å². The first-order chi connectivity index (χ1) is 13.3. The molecule has 0 aliphatic rings. The topological polar surface area (TPSA) is 107 Å². The van der Waals surface area contributed by atoms with Crippen molar-refractivity contribution in [2.45, 2.75) is 0 Å². The second kappa shape index (κ2) is 6.06. The Hall–Kier alpha value is -4.00. The Morgan fingerprint density at radius 2 is 1.63 bits per heavy atom. The van der Waals surface area contributed by atoms with Crippen molar-refractivity contribution in [3.8, 4) is 33.8 Å². The molecule has 5 rings (SSSR count). The van der Waals surface area contributed by atoms with Crippen molar-refractivity contribution >= 4 is 16.6 Å². The summed E-state index contributed by atoms with van der Waals surface area (Å²) in [6, 6.07) is 21.7. The predicted octanol–water partition coefficient (Wildman–Crippen LogP) is 3.92. The Morgan fingerprint density at radius 3 is 2.41 bits per heavy atom. The first-order valence-corrected chi connectivity index (χ1v) is 8.38. The molecule has 0 aliphatic heterocycles. The number of hydrogen-bond donors (Lipinski definition) is 2. The van der Waals surface area contributed by atoms with E-state index >= 15 is 0 Å². The van der Waals surface area contributed by atoms with Gasteiger partial charge in [-0.2, -0.15) is 0 Å². The highest BCUT2D eigenvalue weighted by atomic mass is 16.5. The van der Waals surface area contributed by atoms with Gasteiger partial charge in [0.05, 0.1) is 5.39 Å². The largest absolute Gasteiger partial charge is 0.399 e. The number of aromatic nitrogens is 5. The number of rotatable bonds is 3. The van der Waals surface area contributed by atoms with E-state index in [1.165, 1.54) is 0 Å². The van der Waals surface area contributed by atoms with Crippen LogP contribution in [0, 0.1) is 0 Å². The van der Waals surface area contributed by atoms with E-state index in [0.29, 0.717) is 11.6 Å². The van der Waals surface area contributed by atoms with Crippen molar-refractivity contribution in [1.29, 1.82) is 0 Å². The molecule has 2 aromatic heterocycles. The minimum atomic E-state index is 0.598. The zero-order chi connectivity index (χ0) is 18.2. The Morgan fingerprint density at radius 1 is 0.815 bits per heavy atom. The summed E-state index contributed by atoms with van der Waals surface area (Å²) in [6.07, 6.45) is 0. The third-order valence-electron chi connectivity index (χ3n) is 4.46. The van der Waals surface area contributed by atoms with Crippen LogP contribution in [0.5, 0.6) is 0 Å². The van der Waals surface area contributed by atoms with Gasteiger partial charge in [0.15, 0.2) is 11.6 Å². The monoisotopic (exact) mass is 354 g/mol. The Kier molecular flexibility index (Phi) is 3.43. The fourth-order valence-electron chi connectivity index (χ4n) is 3.11. The van der Waals surface area contributed by atoms with Gasteiger partial charge in [0.1, 0.15) is 5.52 Å². The number of benzene rings is 3. The van der Waals surface area contributed by atoms with Gasteiger partial charge in [-0.05, 0) is 51.9 Å². The van der Waals surface area contributed by atoms with Crippen LogP contribution in [0.2, 0.25) is 0 Å². The van der Waals surface area contributed by atoms with E-state index in [4.69, 9.17) is 10.3 Å². The molecular weight excluding hydrogens is 340 g/mol. The molecule has 0 bridgehead atoms. The summed E-state index contributed by atoms with van der Waals surface area (Å²) >= 11 is 0. The molecule has 0 saturated carbocycles. The van der Waals surface area contributed by atoms with E-state index < -0.39 is 0 Å². The molecule has 3 N–H and O–H groups in total. The third kappa shape index (κ3) is 2.71. The van der Waals surface area contributed by atoms with Gasteiger partial charge in [-0.15, -0.1) is 5.10 Å². The zero-order valence-electron chi connectivity index (χ0n) is 14.1. The van der Waals surface area contributed by atoms with Crippen LogP contribution < -0.4 is 5.73 Å². The number of nitrogens with one attached hydrogen (secondary N) is 1. The number of aromatic amines is 1. The summed E-state index contributed by atoms with van der Waals surface area (Å²) in [5.74, 6) is 1.31. The second-order valence-electron chi connectivity index (χ2n) is 6.20. The van der Waals surface area contributed by atoms with Gasteiger partial charge in [-0.1, -0.05) is 41.6 Å². The van der Waals surface area contributed by atoms with E-state index in [-0.39, 0.29) is 0 Å². The molecule has 0 atom stereocenters. The lowest BCUT2D eigenvalue weighted by atomic mass is 10.0. The maximum atomic E-state index is 5.88. The van der Waals surface area contributed by atoms with Crippen LogP contribution in [0.3, 0.4) is 0 Å². The first-order valence-electron chi connectivity index (χ1n) is 8.38. The fraction of sp³-hybridized carbons (Fsp3) is 0. The summed E-state index contributed by atoms with van der Waals surface area (Å²) < 4.78 is 5.61. The maximum absolute atomic E-state index is 5.88. The van der Waals surface area contributed by atoms with Crippen LogP contribution >= 0.6 is 0 Å². The third-order valence-corrected chi connectivity index (χ3v) is 4.46. The Bertz CT molecular complexity index is 1230. The van der Waals surface area contributed by atoms with E-state index in [0.717, 1.165) is 38.8 Å². The number of tetrazole rings is 1. The molecule has 0 saturated heterocycles. The normalized spacial score (nSPS) is 11.1. The van der Waals surface area contributed by atoms with Crippen LogP contribution in [0.1, 0.15) is 0 Å². The maximum Gasteiger partial charge on any atom is 0.179 e. The highest BCUT2D eigenvalue weighted by molar-refractivity contribution is 5.94. The number of fused-ring (bicyclic) bond motifs is 1. The summed E-state index contributed by atoms with van der Waals surface area (Å²) in [4.78, 5) is 0. The van der Waals surface area contributed by atoms with Gasteiger partial charge in [-0.25, -0.2) is 5.10 Å². The van der Waals surface area contributed by atoms with Crippen LogP contribution in [0.25, 0.3) is 44.7 Å². The first kappa shape index (κ1) is 15.3. The van der Waals surface area contributed by atoms with Crippen molar-refractivity contribution in [2.75, 3.05) is 5.73 Å². The smallest absolute Gasteiger partial charge is 0.179 e. The van der Waals surface area contributed by atoms with Crippen LogP contribution in [0.4, 0.5) is 5.69 Å². The second-order valence-corrected chi connectivity index (χ2v) is 6.20. The molecule has 0 unspecified atom stereocenters. The lowest BCUT2D eigenvalue weighted by Gasteiger charge is -2.04. The van der Waals surface area contributed by atoms with Crippen LogP contribution in [-0.4, -0.2) is 25.8 Å². The van der Waals surface area contributed by atoms with Gasteiger partial charge in [0.2, 0.25) is 0 Å². The molecule has 0 fully saturated rings. The summed E-state index contributed by atoms with van der Waals surface area (Å²) in [6.45, 7) is 0. The van der Waals surface area contributed by atoms with Gasteiger partial charge >= 0.3 is 0 Å². The molecule has 27 heavy (non-hydrogen) atoms. The van der Waals surface area contributed by atoms with Gasteiger partial charge in [0.25, 0.3) is 0 Å². The van der Waals surface area contributed by atoms with E-state index in [1.807, 2.05) is 66.7 Å². The molecule has 0 radical (unpaired) electrons. The zero-order valence-corrected chi connectivity index (χ0v) is 14.1. The van der Waals surface area contributed by atoms with Crippen LogP contribution in [0.15, 0.2) is 71.3 Å². The standard InChI is InChI=1S/C20H14N6O/c21-16-3-1-2-14(10-16)12-4-6-13(7-5-12)19-17-11-15(20-22-25-26-23-20)8-9-18(17)24-27-19/h1-11H,21H2,(H,22,23,25,26). The number of nitrogens with two attached hydrogens (primary N) is 1. The van der Waals surface area contributed by atoms with E-state index in [9.17, 15) is 0 Å². The minimum absolute atomic E-state index is 0.598. The van der Waals surface area contributed by atoms with Crippen molar-refractivity contribution in [2.24, 2.45) is 0 Å². The number of nitrogen functional groups attached to an aromatic ring is 1. The highest BCUT2D eigenvalue weighted by Gasteiger charge is 2.13. The number of H-pyrrole nitrogens is 1. The Balaban J connectivity index is 1.56. The fourth-order valence-corrected chi connectivity index (χ4v) is 3.11. The van der Waals surface area contributed by atoms with E-state index in [1.54, 1.807) is 0 Å². The van der Waals surface area contributed by atoms with Crippen molar-refractivity contribution in [1.82, 2.24) is 25.8 Å². The van der Waals surface area contributed by atoms with Gasteiger partial charge < -0.3 is 10.3 Å². The van der Waals surface area contributed by atoms with Crippen molar-refractivity contribution in [3.05, 3.63) is 66.7 Å². The van der Waals surface area contributed by atoms with Crippen molar-refractivity contribution in [3.63, 3.8) is 0 Å². The predicted molar refractivity (Wildman–Crippen MR) is 102 cm³/mol. The molecule has 130 valence electrons. The highest BCUT2D eigenvalue weighted by Crippen LogP contribution is 2.32. The average Bonchev–Trinajstić information content (AvgIpc) is 3.38. The average molecular weight is 354 g/mol. The minimum Gasteiger partial charge on any atom is -0.399 e. The summed E-state index contributed by atoms with van der Waals surface area (Å²) in [5, 5.41) is 19.0.